The number of hydrogen-bond acceptors (Lipinski definition) is 4. The quantitative estimate of drug-likeness (QED) is 0.765. The molecule has 2 aromatic heterocycles. The smallest absolute Gasteiger partial charge is 0.309 e. The maximum atomic E-state index is 10.4. The largest absolute Gasteiger partial charge is 0.481 e. The van der Waals surface area contributed by atoms with Crippen molar-refractivity contribution < 1.29 is 9.90 Å². The van der Waals surface area contributed by atoms with E-state index in [0.29, 0.717) is 12.2 Å². The van der Waals surface area contributed by atoms with Gasteiger partial charge in [0.05, 0.1) is 24.9 Å². The predicted octanol–water partition coefficient (Wildman–Crippen LogP) is -0.313. The van der Waals surface area contributed by atoms with Gasteiger partial charge in [0.15, 0.2) is 0 Å². The van der Waals surface area contributed by atoms with E-state index in [2.05, 4.69) is 15.4 Å². The van der Waals surface area contributed by atoms with Gasteiger partial charge in [-0.15, -0.1) is 5.10 Å². The fourth-order valence-corrected chi connectivity index (χ4v) is 1.39. The van der Waals surface area contributed by atoms with Crippen molar-refractivity contribution in [1.29, 1.82) is 0 Å². The number of aromatic nitrogens is 5. The summed E-state index contributed by atoms with van der Waals surface area (Å²) in [7, 11) is 1.83. The lowest BCUT2D eigenvalue weighted by Crippen LogP contribution is -2.00. The van der Waals surface area contributed by atoms with E-state index in [-0.39, 0.29) is 6.42 Å². The summed E-state index contributed by atoms with van der Waals surface area (Å²) in [6, 6.07) is 0. The van der Waals surface area contributed by atoms with Gasteiger partial charge in [-0.05, 0) is 0 Å². The maximum absolute atomic E-state index is 10.4. The molecule has 0 aromatic carbocycles. The molecular weight excluding hydrogens is 210 g/mol. The Kier molecular flexibility index (Phi) is 2.67. The zero-order chi connectivity index (χ0) is 11.5. The topological polar surface area (TPSA) is 85.8 Å². The first-order chi connectivity index (χ1) is 7.63. The summed E-state index contributed by atoms with van der Waals surface area (Å²) in [6.07, 6.45) is 5.13. The number of nitrogens with zero attached hydrogens (tertiary/aromatic N) is 5. The highest BCUT2D eigenvalue weighted by atomic mass is 16.4. The van der Waals surface area contributed by atoms with E-state index in [0.717, 1.165) is 5.56 Å². The average Bonchev–Trinajstić information content (AvgIpc) is 2.76. The van der Waals surface area contributed by atoms with Crippen LogP contribution in [0.25, 0.3) is 0 Å². The van der Waals surface area contributed by atoms with E-state index in [4.69, 9.17) is 5.11 Å². The molecule has 2 heterocycles. The molecule has 0 aliphatic heterocycles. The van der Waals surface area contributed by atoms with Crippen LogP contribution in [0.3, 0.4) is 0 Å². The molecule has 0 spiro atoms. The third-order valence-electron chi connectivity index (χ3n) is 2.02. The van der Waals surface area contributed by atoms with Gasteiger partial charge in [0, 0.05) is 25.0 Å². The Hall–Kier alpha value is -2.18. The molecule has 0 aliphatic carbocycles. The van der Waals surface area contributed by atoms with Crippen LogP contribution in [0.4, 0.5) is 0 Å². The van der Waals surface area contributed by atoms with Crippen molar-refractivity contribution in [1.82, 2.24) is 24.8 Å². The molecule has 0 atom stereocenters. The molecule has 0 saturated carbocycles. The van der Waals surface area contributed by atoms with Gasteiger partial charge in [0.2, 0.25) is 0 Å². The Morgan fingerprint density at radius 2 is 2.31 bits per heavy atom. The molecule has 1 N–H and O–H groups in total. The monoisotopic (exact) mass is 221 g/mol. The second-order valence-corrected chi connectivity index (χ2v) is 3.50. The van der Waals surface area contributed by atoms with Gasteiger partial charge in [-0.3, -0.25) is 9.48 Å². The van der Waals surface area contributed by atoms with Crippen molar-refractivity contribution in [3.63, 3.8) is 0 Å². The van der Waals surface area contributed by atoms with Crippen LogP contribution in [-0.2, 0) is 24.8 Å². The number of aliphatic carboxylic acids is 1. The summed E-state index contributed by atoms with van der Waals surface area (Å²) in [6.45, 7) is 0.542. The number of aryl methyl sites for hydroxylation is 1. The highest BCUT2D eigenvalue weighted by Gasteiger charge is 2.06. The highest BCUT2D eigenvalue weighted by molar-refractivity contribution is 5.69. The van der Waals surface area contributed by atoms with Crippen LogP contribution in [0.5, 0.6) is 0 Å². The van der Waals surface area contributed by atoms with Gasteiger partial charge in [-0.2, -0.15) is 5.10 Å². The Morgan fingerprint density at radius 1 is 1.50 bits per heavy atom. The van der Waals surface area contributed by atoms with Crippen LogP contribution in [-0.4, -0.2) is 35.9 Å². The number of rotatable bonds is 4. The number of carboxylic acid groups (broad SMARTS) is 1. The average molecular weight is 221 g/mol. The molecule has 0 bridgehead atoms. The minimum Gasteiger partial charge on any atom is -0.481 e. The number of carboxylic acids is 1. The van der Waals surface area contributed by atoms with Gasteiger partial charge in [-0.1, -0.05) is 5.21 Å². The third-order valence-corrected chi connectivity index (χ3v) is 2.02. The van der Waals surface area contributed by atoms with Crippen molar-refractivity contribution in [3.8, 4) is 0 Å². The Labute approximate surface area is 91.3 Å². The van der Waals surface area contributed by atoms with Crippen LogP contribution >= 0.6 is 0 Å². The second-order valence-electron chi connectivity index (χ2n) is 3.50. The Bertz CT molecular complexity index is 501. The number of carbonyl (C=O) groups is 1. The molecule has 0 radical (unpaired) electrons. The zero-order valence-corrected chi connectivity index (χ0v) is 8.74. The summed E-state index contributed by atoms with van der Waals surface area (Å²) in [5.74, 6) is -0.909. The molecule has 2 aromatic rings. The van der Waals surface area contributed by atoms with Crippen molar-refractivity contribution in [2.75, 3.05) is 0 Å². The first-order valence-electron chi connectivity index (χ1n) is 4.72. The molecule has 0 unspecified atom stereocenters. The van der Waals surface area contributed by atoms with E-state index in [9.17, 15) is 4.79 Å². The van der Waals surface area contributed by atoms with E-state index in [1.165, 1.54) is 0 Å². The lowest BCUT2D eigenvalue weighted by molar-refractivity contribution is -0.136. The second kappa shape index (κ2) is 4.13. The fraction of sp³-hybridized carbons (Fsp3) is 0.333. The first kappa shape index (κ1) is 10.3. The van der Waals surface area contributed by atoms with Gasteiger partial charge < -0.3 is 5.11 Å². The van der Waals surface area contributed by atoms with Crippen LogP contribution in [0.2, 0.25) is 0 Å². The molecule has 0 saturated heterocycles. The van der Waals surface area contributed by atoms with Crippen molar-refractivity contribution >= 4 is 5.97 Å². The van der Waals surface area contributed by atoms with Crippen LogP contribution in [0, 0.1) is 0 Å². The minimum atomic E-state index is -0.909. The van der Waals surface area contributed by atoms with E-state index < -0.39 is 5.97 Å². The Balaban J connectivity index is 2.05. The molecule has 0 aliphatic rings. The lowest BCUT2D eigenvalue weighted by Gasteiger charge is -1.94. The fourth-order valence-electron chi connectivity index (χ4n) is 1.39. The summed E-state index contributed by atoms with van der Waals surface area (Å²) >= 11 is 0. The van der Waals surface area contributed by atoms with Crippen molar-refractivity contribution in [3.05, 3.63) is 29.8 Å². The highest BCUT2D eigenvalue weighted by Crippen LogP contribution is 2.01. The molecule has 0 fully saturated rings. The molecule has 0 amide bonds. The SMILES string of the molecule is Cn1cc(Cn2cc(CC(=O)O)nn2)cn1. The molecular formula is C9H11N5O2. The number of hydrogen-bond donors (Lipinski definition) is 1. The summed E-state index contributed by atoms with van der Waals surface area (Å²) in [5.41, 5.74) is 1.45. The predicted molar refractivity (Wildman–Crippen MR) is 53.7 cm³/mol. The standard InChI is InChI=1S/C9H11N5O2/c1-13-4-7(3-10-13)5-14-6-8(11-12-14)2-9(15)16/h3-4,6H,2,5H2,1H3,(H,15,16). The van der Waals surface area contributed by atoms with E-state index >= 15 is 0 Å². The molecule has 7 nitrogen and oxygen atoms in total. The van der Waals surface area contributed by atoms with Crippen molar-refractivity contribution in [2.24, 2.45) is 7.05 Å². The van der Waals surface area contributed by atoms with Crippen LogP contribution in [0.1, 0.15) is 11.3 Å². The minimum absolute atomic E-state index is 0.104. The van der Waals surface area contributed by atoms with E-state index in [1.807, 2.05) is 13.2 Å². The molecule has 7 heteroatoms. The van der Waals surface area contributed by atoms with Crippen molar-refractivity contribution in [2.45, 2.75) is 13.0 Å². The van der Waals surface area contributed by atoms with Crippen LogP contribution < -0.4 is 0 Å². The van der Waals surface area contributed by atoms with E-state index in [1.54, 1.807) is 21.8 Å². The maximum Gasteiger partial charge on any atom is 0.309 e. The normalized spacial score (nSPS) is 10.6. The lowest BCUT2D eigenvalue weighted by atomic mass is 10.3. The molecule has 84 valence electrons. The summed E-state index contributed by atoms with van der Waals surface area (Å²) in [4.78, 5) is 10.4. The van der Waals surface area contributed by atoms with Gasteiger partial charge in [-0.25, -0.2) is 4.68 Å². The summed E-state index contributed by atoms with van der Waals surface area (Å²) < 4.78 is 3.29. The Morgan fingerprint density at radius 3 is 2.94 bits per heavy atom. The van der Waals surface area contributed by atoms with Crippen LogP contribution in [0.15, 0.2) is 18.6 Å². The van der Waals surface area contributed by atoms with Gasteiger partial charge in [0.1, 0.15) is 0 Å². The third kappa shape index (κ3) is 2.44. The molecule has 2 rings (SSSR count). The summed E-state index contributed by atoms with van der Waals surface area (Å²) in [5, 5.41) is 20.2. The first-order valence-corrected chi connectivity index (χ1v) is 4.72. The molecule has 16 heavy (non-hydrogen) atoms. The zero-order valence-electron chi connectivity index (χ0n) is 8.74. The van der Waals surface area contributed by atoms with Gasteiger partial charge >= 0.3 is 5.97 Å². The van der Waals surface area contributed by atoms with Gasteiger partial charge in [0.25, 0.3) is 0 Å².